The van der Waals surface area contributed by atoms with E-state index in [0.717, 1.165) is 30.8 Å². The number of hydrogen-bond acceptors (Lipinski definition) is 2. The Morgan fingerprint density at radius 3 is 3.20 bits per heavy atom. The first-order valence-electron chi connectivity index (χ1n) is 5.13. The number of nitrogens with zero attached hydrogens (tertiary/aromatic N) is 1. The number of amides is 1. The van der Waals surface area contributed by atoms with E-state index in [1.165, 1.54) is 12.1 Å². The van der Waals surface area contributed by atoms with Crippen LogP contribution in [0.3, 0.4) is 0 Å². The van der Waals surface area contributed by atoms with E-state index >= 15 is 0 Å². The number of benzene rings is 1. The minimum Gasteiger partial charge on any atom is -0.358 e. The van der Waals surface area contributed by atoms with Crippen molar-refractivity contribution in [3.05, 3.63) is 24.0 Å². The number of carbonyl (C=O) groups excluding carboxylic acids is 1. The lowest BCUT2D eigenvalue weighted by molar-refractivity contribution is -0.117. The zero-order valence-electron chi connectivity index (χ0n) is 8.16. The lowest BCUT2D eigenvalue weighted by Gasteiger charge is -2.32. The van der Waals surface area contributed by atoms with E-state index in [9.17, 15) is 9.18 Å². The van der Waals surface area contributed by atoms with Crippen LogP contribution in [0.4, 0.5) is 15.8 Å². The monoisotopic (exact) mass is 206 g/mol. The average Bonchev–Trinajstić information content (AvgIpc) is 2.69. The first kappa shape index (κ1) is 8.71. The number of halogens is 1. The molecule has 2 aliphatic heterocycles. The van der Waals surface area contributed by atoms with E-state index in [4.69, 9.17) is 0 Å². The normalized spacial score (nSPS) is 23.4. The second-order valence-corrected chi connectivity index (χ2v) is 4.00. The van der Waals surface area contributed by atoms with Gasteiger partial charge in [0.2, 0.25) is 5.91 Å². The van der Waals surface area contributed by atoms with Crippen LogP contribution in [-0.2, 0) is 4.79 Å². The Morgan fingerprint density at radius 2 is 2.33 bits per heavy atom. The fourth-order valence-corrected chi connectivity index (χ4v) is 2.39. The Labute approximate surface area is 86.9 Å². The van der Waals surface area contributed by atoms with Gasteiger partial charge < -0.3 is 10.2 Å². The number of nitrogens with one attached hydrogen (secondary N) is 1. The van der Waals surface area contributed by atoms with E-state index in [0.29, 0.717) is 0 Å². The van der Waals surface area contributed by atoms with Gasteiger partial charge in [0.15, 0.2) is 0 Å². The first-order chi connectivity index (χ1) is 7.25. The van der Waals surface area contributed by atoms with Crippen LogP contribution < -0.4 is 10.2 Å². The Kier molecular flexibility index (Phi) is 1.71. The van der Waals surface area contributed by atoms with Gasteiger partial charge in [0.25, 0.3) is 0 Å². The molecule has 78 valence electrons. The third-order valence-electron chi connectivity index (χ3n) is 3.08. The highest BCUT2D eigenvalue weighted by Gasteiger charge is 2.36. The third kappa shape index (κ3) is 1.21. The Morgan fingerprint density at radius 1 is 1.47 bits per heavy atom. The Balaban J connectivity index is 2.12. The minimum absolute atomic E-state index is 0.0339. The van der Waals surface area contributed by atoms with Crippen LogP contribution in [0.2, 0.25) is 0 Å². The molecular weight excluding hydrogens is 195 g/mol. The molecule has 1 atom stereocenters. The zero-order valence-corrected chi connectivity index (χ0v) is 8.16. The molecular formula is C11H11FN2O. The average molecular weight is 206 g/mol. The summed E-state index contributed by atoms with van der Waals surface area (Å²) in [5.41, 5.74) is 1.54. The molecule has 4 heteroatoms. The molecule has 0 saturated carbocycles. The van der Waals surface area contributed by atoms with Crippen LogP contribution in [0, 0.1) is 5.82 Å². The summed E-state index contributed by atoms with van der Waals surface area (Å²) in [4.78, 5) is 13.7. The van der Waals surface area contributed by atoms with Crippen LogP contribution in [0.1, 0.15) is 12.8 Å². The number of fused-ring (bicyclic) bond motifs is 3. The molecule has 2 heterocycles. The third-order valence-corrected chi connectivity index (χ3v) is 3.08. The molecule has 1 N–H and O–H groups in total. The van der Waals surface area contributed by atoms with Crippen molar-refractivity contribution in [1.29, 1.82) is 0 Å². The number of carbonyl (C=O) groups is 1. The maximum absolute atomic E-state index is 13.1. The van der Waals surface area contributed by atoms with E-state index < -0.39 is 0 Å². The van der Waals surface area contributed by atoms with Crippen LogP contribution in [0.15, 0.2) is 18.2 Å². The Bertz CT molecular complexity index is 433. The van der Waals surface area contributed by atoms with E-state index in [-0.39, 0.29) is 17.8 Å². The molecule has 1 aromatic carbocycles. The molecule has 0 aliphatic carbocycles. The van der Waals surface area contributed by atoms with Gasteiger partial charge in [-0.15, -0.1) is 0 Å². The zero-order chi connectivity index (χ0) is 10.4. The topological polar surface area (TPSA) is 32.3 Å². The molecule has 0 aromatic heterocycles. The Hall–Kier alpha value is -1.58. The lowest BCUT2D eigenvalue weighted by Crippen LogP contribution is -2.43. The van der Waals surface area contributed by atoms with Crippen LogP contribution in [0.25, 0.3) is 0 Å². The molecule has 1 aromatic rings. The molecule has 3 rings (SSSR count). The quantitative estimate of drug-likeness (QED) is 0.701. The first-order valence-corrected chi connectivity index (χ1v) is 5.13. The fourth-order valence-electron chi connectivity index (χ4n) is 2.39. The van der Waals surface area contributed by atoms with E-state index in [1.54, 1.807) is 6.07 Å². The van der Waals surface area contributed by atoms with Gasteiger partial charge in [0.05, 0.1) is 11.4 Å². The number of rotatable bonds is 0. The van der Waals surface area contributed by atoms with E-state index in [2.05, 4.69) is 5.32 Å². The van der Waals surface area contributed by atoms with Crippen molar-refractivity contribution in [2.24, 2.45) is 0 Å². The van der Waals surface area contributed by atoms with Crippen molar-refractivity contribution < 1.29 is 9.18 Å². The van der Waals surface area contributed by atoms with Gasteiger partial charge in [-0.2, -0.15) is 0 Å². The maximum atomic E-state index is 13.1. The van der Waals surface area contributed by atoms with Crippen molar-refractivity contribution in [1.82, 2.24) is 0 Å². The highest BCUT2D eigenvalue weighted by molar-refractivity contribution is 6.03. The summed E-state index contributed by atoms with van der Waals surface area (Å²) in [6.45, 7) is 0.842. The molecule has 0 bridgehead atoms. The summed E-state index contributed by atoms with van der Waals surface area (Å²) in [6, 6.07) is 4.39. The minimum atomic E-state index is -0.254. The summed E-state index contributed by atoms with van der Waals surface area (Å²) in [5.74, 6) is -0.220. The molecule has 1 saturated heterocycles. The van der Waals surface area contributed by atoms with Gasteiger partial charge in [0, 0.05) is 6.54 Å². The second-order valence-electron chi connectivity index (χ2n) is 4.00. The van der Waals surface area contributed by atoms with Crippen molar-refractivity contribution >= 4 is 17.3 Å². The van der Waals surface area contributed by atoms with Crippen LogP contribution >= 0.6 is 0 Å². The summed E-state index contributed by atoms with van der Waals surface area (Å²) in [7, 11) is 0. The van der Waals surface area contributed by atoms with Gasteiger partial charge >= 0.3 is 0 Å². The van der Waals surface area contributed by atoms with Gasteiger partial charge in [-0.05, 0) is 31.0 Å². The molecule has 0 spiro atoms. The summed E-state index contributed by atoms with van der Waals surface area (Å²) < 4.78 is 13.1. The smallest absolute Gasteiger partial charge is 0.247 e. The molecule has 0 radical (unpaired) electrons. The fraction of sp³-hybridized carbons (Fsp3) is 0.364. The summed E-state index contributed by atoms with van der Waals surface area (Å²) in [6.07, 6.45) is 1.86. The molecule has 1 amide bonds. The lowest BCUT2D eigenvalue weighted by atomic mass is 10.1. The molecule has 3 nitrogen and oxygen atoms in total. The highest BCUT2D eigenvalue weighted by Crippen LogP contribution is 2.36. The van der Waals surface area contributed by atoms with E-state index in [1.807, 2.05) is 4.90 Å². The molecule has 1 fully saturated rings. The van der Waals surface area contributed by atoms with Gasteiger partial charge in [-0.25, -0.2) is 4.39 Å². The molecule has 2 aliphatic rings. The van der Waals surface area contributed by atoms with Gasteiger partial charge in [-0.3, -0.25) is 4.79 Å². The van der Waals surface area contributed by atoms with Gasteiger partial charge in [0.1, 0.15) is 11.9 Å². The largest absolute Gasteiger partial charge is 0.358 e. The van der Waals surface area contributed by atoms with Crippen molar-refractivity contribution in [2.45, 2.75) is 18.9 Å². The number of hydrogen-bond donors (Lipinski definition) is 1. The highest BCUT2D eigenvalue weighted by atomic mass is 19.1. The van der Waals surface area contributed by atoms with Gasteiger partial charge in [-0.1, -0.05) is 0 Å². The SMILES string of the molecule is O=C1Nc2ccc(F)cc2N2CCC[C@H]12. The maximum Gasteiger partial charge on any atom is 0.247 e. The van der Waals surface area contributed by atoms with Crippen molar-refractivity contribution in [2.75, 3.05) is 16.8 Å². The summed E-state index contributed by atoms with van der Waals surface area (Å²) >= 11 is 0. The predicted molar refractivity (Wildman–Crippen MR) is 55.4 cm³/mol. The van der Waals surface area contributed by atoms with Crippen molar-refractivity contribution in [3.8, 4) is 0 Å². The standard InChI is InChI=1S/C11H11FN2O/c12-7-3-4-8-10(6-7)14-5-1-2-9(14)11(15)13-8/h3-4,6,9H,1-2,5H2,(H,13,15)/t9-/m1/s1. The van der Waals surface area contributed by atoms with Crippen LogP contribution in [0.5, 0.6) is 0 Å². The number of anilines is 2. The van der Waals surface area contributed by atoms with Crippen LogP contribution in [-0.4, -0.2) is 18.5 Å². The molecule has 0 unspecified atom stereocenters. The molecule has 15 heavy (non-hydrogen) atoms. The summed E-state index contributed by atoms with van der Waals surface area (Å²) in [5, 5.41) is 2.81. The predicted octanol–water partition coefficient (Wildman–Crippen LogP) is 1.75. The second kappa shape index (κ2) is 2.95. The van der Waals surface area contributed by atoms with Crippen molar-refractivity contribution in [3.63, 3.8) is 0 Å².